The molecule has 1 saturated heterocycles. The first kappa shape index (κ1) is 20.4. The molecule has 0 bridgehead atoms. The number of hydrogen-bond acceptors (Lipinski definition) is 3. The average molecular weight is 405 g/mol. The number of rotatable bonds is 5. The lowest BCUT2D eigenvalue weighted by atomic mass is 10.0. The summed E-state index contributed by atoms with van der Waals surface area (Å²) in [6.07, 6.45) is -4.46. The Bertz CT molecular complexity index is 943. The minimum atomic E-state index is -4.46. The molecule has 1 aliphatic rings. The molecule has 2 aromatic carbocycles. The topological polar surface area (TPSA) is 78.5 Å². The van der Waals surface area contributed by atoms with E-state index in [9.17, 15) is 27.6 Å². The average Bonchev–Trinajstić information content (AvgIpc) is 2.99. The van der Waals surface area contributed by atoms with Crippen molar-refractivity contribution in [1.29, 1.82) is 0 Å². The molecule has 0 spiro atoms. The normalized spacial score (nSPS) is 15.2. The van der Waals surface area contributed by atoms with Crippen LogP contribution in [-0.4, -0.2) is 29.3 Å². The quantitative estimate of drug-likeness (QED) is 0.750. The highest BCUT2D eigenvalue weighted by Crippen LogP contribution is 2.30. The minimum Gasteiger partial charge on any atom is -0.346 e. The molecule has 6 nitrogen and oxygen atoms in total. The van der Waals surface area contributed by atoms with Gasteiger partial charge in [0.1, 0.15) is 0 Å². The first-order chi connectivity index (χ1) is 13.6. The van der Waals surface area contributed by atoms with Crippen molar-refractivity contribution in [3.8, 4) is 0 Å². The molecule has 0 saturated carbocycles. The van der Waals surface area contributed by atoms with E-state index in [1.54, 1.807) is 25.1 Å². The third-order valence-corrected chi connectivity index (χ3v) is 4.53. The standard InChI is InChI=1S/C20H18F3N3O3/c1-12(14-5-3-7-16(9-14)20(21,22)23)25-18(28)15-6-2-4-13(8-15)11-26-17(27)10-24-19(26)29/h2-9,12H,10-11H2,1H3,(H,24,29)(H,25,28)/t12-/m1/s1. The fourth-order valence-electron chi connectivity index (χ4n) is 2.96. The van der Waals surface area contributed by atoms with Gasteiger partial charge in [0.15, 0.2) is 0 Å². The maximum absolute atomic E-state index is 12.9. The number of carbonyl (C=O) groups is 3. The van der Waals surface area contributed by atoms with Crippen LogP contribution in [0.15, 0.2) is 48.5 Å². The number of alkyl halides is 3. The van der Waals surface area contributed by atoms with E-state index in [0.717, 1.165) is 17.0 Å². The van der Waals surface area contributed by atoms with Gasteiger partial charge < -0.3 is 10.6 Å². The highest BCUT2D eigenvalue weighted by Gasteiger charge is 2.31. The maximum Gasteiger partial charge on any atom is 0.416 e. The lowest BCUT2D eigenvalue weighted by Crippen LogP contribution is -2.30. The molecule has 3 rings (SSSR count). The predicted octanol–water partition coefficient (Wildman–Crippen LogP) is 3.25. The summed E-state index contributed by atoms with van der Waals surface area (Å²) in [5, 5.41) is 5.08. The molecule has 0 unspecified atom stereocenters. The zero-order valence-corrected chi connectivity index (χ0v) is 15.4. The Balaban J connectivity index is 1.71. The van der Waals surface area contributed by atoms with E-state index < -0.39 is 29.7 Å². The smallest absolute Gasteiger partial charge is 0.346 e. The molecule has 1 fully saturated rings. The van der Waals surface area contributed by atoms with Gasteiger partial charge in [-0.2, -0.15) is 13.2 Å². The summed E-state index contributed by atoms with van der Waals surface area (Å²) in [4.78, 5) is 36.9. The third kappa shape index (κ3) is 4.74. The number of imide groups is 1. The van der Waals surface area contributed by atoms with Gasteiger partial charge in [0.25, 0.3) is 5.91 Å². The Morgan fingerprint density at radius 1 is 1.17 bits per heavy atom. The summed E-state index contributed by atoms with van der Waals surface area (Å²) in [6.45, 7) is 1.55. The van der Waals surface area contributed by atoms with Crippen LogP contribution in [0.2, 0.25) is 0 Å². The zero-order valence-electron chi connectivity index (χ0n) is 15.4. The second-order valence-corrected chi connectivity index (χ2v) is 6.66. The lowest BCUT2D eigenvalue weighted by Gasteiger charge is -2.17. The predicted molar refractivity (Wildman–Crippen MR) is 97.7 cm³/mol. The fourth-order valence-corrected chi connectivity index (χ4v) is 2.96. The zero-order chi connectivity index (χ0) is 21.2. The van der Waals surface area contributed by atoms with Crippen molar-refractivity contribution in [1.82, 2.24) is 15.5 Å². The van der Waals surface area contributed by atoms with E-state index >= 15 is 0 Å². The van der Waals surface area contributed by atoms with Crippen LogP contribution in [0.5, 0.6) is 0 Å². The highest BCUT2D eigenvalue weighted by atomic mass is 19.4. The van der Waals surface area contributed by atoms with Crippen LogP contribution in [-0.2, 0) is 17.5 Å². The Hall–Kier alpha value is -3.36. The SMILES string of the molecule is C[C@@H](NC(=O)c1cccc(CN2C(=O)CNC2=O)c1)c1cccc(C(F)(F)F)c1. The summed E-state index contributed by atoms with van der Waals surface area (Å²) < 4.78 is 38.6. The number of hydrogen-bond donors (Lipinski definition) is 2. The summed E-state index contributed by atoms with van der Waals surface area (Å²) in [6, 6.07) is 9.98. The second kappa shape index (κ2) is 7.94. The number of halogens is 3. The summed E-state index contributed by atoms with van der Waals surface area (Å²) in [5.74, 6) is -0.836. The molecule has 2 aromatic rings. The number of nitrogens with one attached hydrogen (secondary N) is 2. The third-order valence-electron chi connectivity index (χ3n) is 4.53. The molecule has 4 amide bonds. The summed E-state index contributed by atoms with van der Waals surface area (Å²) in [7, 11) is 0. The van der Waals surface area contributed by atoms with Crippen molar-refractivity contribution in [3.63, 3.8) is 0 Å². The Morgan fingerprint density at radius 3 is 2.55 bits per heavy atom. The van der Waals surface area contributed by atoms with Crippen molar-refractivity contribution < 1.29 is 27.6 Å². The largest absolute Gasteiger partial charge is 0.416 e. The number of nitrogens with zero attached hydrogens (tertiary/aromatic N) is 1. The molecule has 0 radical (unpaired) electrons. The number of benzene rings is 2. The van der Waals surface area contributed by atoms with E-state index in [0.29, 0.717) is 11.1 Å². The molecule has 0 aliphatic carbocycles. The van der Waals surface area contributed by atoms with Gasteiger partial charge in [-0.25, -0.2) is 4.79 Å². The molecule has 152 valence electrons. The number of urea groups is 1. The van der Waals surface area contributed by atoms with Gasteiger partial charge in [-0.3, -0.25) is 14.5 Å². The molecule has 2 N–H and O–H groups in total. The molecular weight excluding hydrogens is 387 g/mol. The Morgan fingerprint density at radius 2 is 1.90 bits per heavy atom. The molecule has 0 aromatic heterocycles. The molecule has 1 aliphatic heterocycles. The van der Waals surface area contributed by atoms with E-state index in [1.807, 2.05) is 0 Å². The molecular formula is C20H18F3N3O3. The van der Waals surface area contributed by atoms with Gasteiger partial charge in [0.2, 0.25) is 5.91 Å². The van der Waals surface area contributed by atoms with E-state index in [4.69, 9.17) is 0 Å². The Kier molecular flexibility index (Phi) is 5.58. The van der Waals surface area contributed by atoms with Crippen LogP contribution in [0.25, 0.3) is 0 Å². The van der Waals surface area contributed by atoms with Crippen LogP contribution >= 0.6 is 0 Å². The summed E-state index contributed by atoms with van der Waals surface area (Å²) >= 11 is 0. The van der Waals surface area contributed by atoms with Gasteiger partial charge in [0, 0.05) is 5.56 Å². The molecule has 9 heteroatoms. The first-order valence-electron chi connectivity index (χ1n) is 8.80. The minimum absolute atomic E-state index is 0.0228. The van der Waals surface area contributed by atoms with Crippen LogP contribution in [0.3, 0.4) is 0 Å². The van der Waals surface area contributed by atoms with Gasteiger partial charge in [-0.1, -0.05) is 24.3 Å². The van der Waals surface area contributed by atoms with Crippen LogP contribution in [0.1, 0.15) is 40.0 Å². The van der Waals surface area contributed by atoms with Gasteiger partial charge in [-0.15, -0.1) is 0 Å². The van der Waals surface area contributed by atoms with Crippen LogP contribution in [0, 0.1) is 0 Å². The van der Waals surface area contributed by atoms with E-state index in [1.165, 1.54) is 18.2 Å². The maximum atomic E-state index is 12.9. The van der Waals surface area contributed by atoms with Crippen molar-refractivity contribution in [2.24, 2.45) is 0 Å². The Labute approximate surface area is 164 Å². The summed E-state index contributed by atoms with van der Waals surface area (Å²) in [5.41, 5.74) is 0.387. The van der Waals surface area contributed by atoms with E-state index in [-0.39, 0.29) is 24.6 Å². The van der Waals surface area contributed by atoms with Gasteiger partial charge in [-0.05, 0) is 42.3 Å². The number of amides is 4. The van der Waals surface area contributed by atoms with Crippen LogP contribution in [0.4, 0.5) is 18.0 Å². The van der Waals surface area contributed by atoms with Gasteiger partial charge >= 0.3 is 12.2 Å². The van der Waals surface area contributed by atoms with Crippen molar-refractivity contribution in [2.75, 3.05) is 6.54 Å². The van der Waals surface area contributed by atoms with Crippen LogP contribution < -0.4 is 10.6 Å². The van der Waals surface area contributed by atoms with Gasteiger partial charge in [0.05, 0.1) is 24.7 Å². The van der Waals surface area contributed by atoms with Crippen molar-refractivity contribution in [3.05, 3.63) is 70.8 Å². The molecule has 1 heterocycles. The van der Waals surface area contributed by atoms with Crippen molar-refractivity contribution in [2.45, 2.75) is 25.7 Å². The molecule has 29 heavy (non-hydrogen) atoms. The highest BCUT2D eigenvalue weighted by molar-refractivity contribution is 6.02. The first-order valence-corrected chi connectivity index (χ1v) is 8.80. The number of carbonyl (C=O) groups excluding carboxylic acids is 3. The van der Waals surface area contributed by atoms with E-state index in [2.05, 4.69) is 10.6 Å². The monoisotopic (exact) mass is 405 g/mol. The fraction of sp³-hybridized carbons (Fsp3) is 0.250. The van der Waals surface area contributed by atoms with Crippen molar-refractivity contribution >= 4 is 17.8 Å². The lowest BCUT2D eigenvalue weighted by molar-refractivity contribution is -0.137. The molecule has 1 atom stereocenters. The second-order valence-electron chi connectivity index (χ2n) is 6.66.